The molecule has 5 nitrogen and oxygen atoms in total. The lowest BCUT2D eigenvalue weighted by molar-refractivity contribution is 0.346. The third-order valence-electron chi connectivity index (χ3n) is 5.19. The van der Waals surface area contributed by atoms with Gasteiger partial charge in [0.25, 0.3) is 0 Å². The second-order valence-electron chi connectivity index (χ2n) is 8.89. The molecule has 0 N–H and O–H groups in total. The predicted octanol–water partition coefficient (Wildman–Crippen LogP) is 4.01. The molecule has 4 rings (SSSR count). The highest BCUT2D eigenvalue weighted by molar-refractivity contribution is 7.91. The fourth-order valence-electron chi connectivity index (χ4n) is 3.72. The van der Waals surface area contributed by atoms with Crippen LogP contribution < -0.4 is 9.77 Å². The summed E-state index contributed by atoms with van der Waals surface area (Å²) in [6, 6.07) is 14.4. The van der Waals surface area contributed by atoms with Gasteiger partial charge in [0.1, 0.15) is 0 Å². The van der Waals surface area contributed by atoms with Crippen LogP contribution in [0.4, 0.5) is 5.69 Å². The fraction of sp³-hybridized carbons (Fsp3) is 0.409. The first-order valence-electron chi connectivity index (χ1n) is 9.81. The number of hydrogen-bond donors (Lipinski definition) is 0. The van der Waals surface area contributed by atoms with Crippen LogP contribution in [0.5, 0.6) is 0 Å². The van der Waals surface area contributed by atoms with Crippen molar-refractivity contribution in [3.63, 3.8) is 0 Å². The summed E-state index contributed by atoms with van der Waals surface area (Å²) in [7, 11) is -2.90. The number of thiazole rings is 1. The molecule has 0 radical (unpaired) electrons. The van der Waals surface area contributed by atoms with E-state index in [-0.39, 0.29) is 21.8 Å². The van der Waals surface area contributed by atoms with Crippen molar-refractivity contribution in [2.24, 2.45) is 5.41 Å². The van der Waals surface area contributed by atoms with Crippen molar-refractivity contribution >= 4 is 37.1 Å². The maximum Gasteiger partial charge on any atom is 0.308 e. The highest BCUT2D eigenvalue weighted by atomic mass is 32.2. The highest BCUT2D eigenvalue weighted by Crippen LogP contribution is 2.30. The molecule has 1 aliphatic rings. The third-order valence-corrected chi connectivity index (χ3v) is 7.74. The average Bonchev–Trinajstić information content (AvgIpc) is 2.95. The van der Waals surface area contributed by atoms with Crippen LogP contribution in [-0.2, 0) is 16.4 Å². The molecule has 0 amide bonds. The van der Waals surface area contributed by atoms with E-state index in [0.29, 0.717) is 19.6 Å². The van der Waals surface area contributed by atoms with E-state index < -0.39 is 9.84 Å². The van der Waals surface area contributed by atoms with E-state index in [4.69, 9.17) is 0 Å². The molecule has 0 atom stereocenters. The molecule has 7 heteroatoms. The smallest absolute Gasteiger partial charge is 0.308 e. The Hall–Kier alpha value is -2.12. The van der Waals surface area contributed by atoms with Gasteiger partial charge in [-0.15, -0.1) is 0 Å². The first kappa shape index (κ1) is 20.2. The van der Waals surface area contributed by atoms with Crippen molar-refractivity contribution in [3.8, 4) is 11.1 Å². The Morgan fingerprint density at radius 2 is 1.69 bits per heavy atom. The molecule has 2 aromatic carbocycles. The monoisotopic (exact) mass is 430 g/mol. The lowest BCUT2D eigenvalue weighted by Crippen LogP contribution is -2.40. The molecule has 0 spiro atoms. The molecule has 1 aliphatic heterocycles. The Morgan fingerprint density at radius 1 is 1.00 bits per heavy atom. The molecule has 3 aromatic rings. The molecular formula is C22H26N2O3S2. The summed E-state index contributed by atoms with van der Waals surface area (Å²) in [5.74, 6) is 0.414. The van der Waals surface area contributed by atoms with Crippen LogP contribution in [0, 0.1) is 5.41 Å². The standard InChI is InChI=1S/C22H26N2O3S2/c1-22(2,3)15-24-19-8-7-17(14-20(19)28-21(24)25)16-5-4-6-18(13-16)23-9-11-29(26,27)12-10-23/h4-8,13-14H,9-12,15H2,1-3H3. The Labute approximate surface area is 175 Å². The molecule has 0 aliphatic carbocycles. The summed E-state index contributed by atoms with van der Waals surface area (Å²) in [6.07, 6.45) is 0. The van der Waals surface area contributed by atoms with Crippen LogP contribution in [-0.4, -0.2) is 37.6 Å². The average molecular weight is 431 g/mol. The van der Waals surface area contributed by atoms with Crippen LogP contribution in [0.1, 0.15) is 20.8 Å². The van der Waals surface area contributed by atoms with Crippen molar-refractivity contribution in [2.45, 2.75) is 27.3 Å². The third kappa shape index (κ3) is 4.41. The molecule has 2 heterocycles. The van der Waals surface area contributed by atoms with Crippen molar-refractivity contribution in [2.75, 3.05) is 29.5 Å². The summed E-state index contributed by atoms with van der Waals surface area (Å²) < 4.78 is 26.3. The minimum Gasteiger partial charge on any atom is -0.369 e. The van der Waals surface area contributed by atoms with Crippen molar-refractivity contribution in [1.29, 1.82) is 0 Å². The Bertz CT molecular complexity index is 1200. The van der Waals surface area contributed by atoms with E-state index in [0.717, 1.165) is 27.0 Å². The number of rotatable bonds is 3. The molecule has 1 saturated heterocycles. The molecular weight excluding hydrogens is 404 g/mol. The summed E-state index contributed by atoms with van der Waals surface area (Å²) in [5.41, 5.74) is 4.19. The fourth-order valence-corrected chi connectivity index (χ4v) is 5.85. The highest BCUT2D eigenvalue weighted by Gasteiger charge is 2.22. The molecule has 0 unspecified atom stereocenters. The van der Waals surface area contributed by atoms with E-state index in [9.17, 15) is 13.2 Å². The number of fused-ring (bicyclic) bond motifs is 1. The van der Waals surface area contributed by atoms with Crippen LogP contribution in [0.3, 0.4) is 0 Å². The second-order valence-corrected chi connectivity index (χ2v) is 12.2. The van der Waals surface area contributed by atoms with Gasteiger partial charge in [0, 0.05) is 25.3 Å². The second kappa shape index (κ2) is 7.29. The summed E-state index contributed by atoms with van der Waals surface area (Å²) in [6.45, 7) is 8.15. The maximum absolute atomic E-state index is 12.5. The Morgan fingerprint density at radius 3 is 2.38 bits per heavy atom. The largest absolute Gasteiger partial charge is 0.369 e. The number of sulfone groups is 1. The number of anilines is 1. The minimum atomic E-state index is -2.90. The SMILES string of the molecule is CC(C)(C)Cn1c(=O)sc2cc(-c3cccc(N4CCS(=O)(=O)CC4)c3)ccc21. The van der Waals surface area contributed by atoms with Gasteiger partial charge >= 0.3 is 4.87 Å². The number of nitrogens with zero attached hydrogens (tertiary/aromatic N) is 2. The van der Waals surface area contributed by atoms with Gasteiger partial charge in [-0.25, -0.2) is 8.42 Å². The van der Waals surface area contributed by atoms with Crippen LogP contribution in [0.25, 0.3) is 21.3 Å². The topological polar surface area (TPSA) is 59.4 Å². The lowest BCUT2D eigenvalue weighted by Gasteiger charge is -2.29. The summed E-state index contributed by atoms with van der Waals surface area (Å²) in [5, 5.41) is 0. The Kier molecular flexibility index (Phi) is 5.07. The summed E-state index contributed by atoms with van der Waals surface area (Å²) in [4.78, 5) is 14.7. The van der Waals surface area contributed by atoms with Crippen LogP contribution >= 0.6 is 11.3 Å². The maximum atomic E-state index is 12.5. The van der Waals surface area contributed by atoms with Gasteiger partial charge in [-0.05, 0) is 40.8 Å². The zero-order chi connectivity index (χ0) is 20.8. The number of benzene rings is 2. The van der Waals surface area contributed by atoms with Crippen molar-refractivity contribution in [1.82, 2.24) is 4.57 Å². The number of aromatic nitrogens is 1. The van der Waals surface area contributed by atoms with E-state index in [1.165, 1.54) is 11.3 Å². The van der Waals surface area contributed by atoms with E-state index in [1.54, 1.807) is 0 Å². The van der Waals surface area contributed by atoms with Gasteiger partial charge in [0.15, 0.2) is 9.84 Å². The van der Waals surface area contributed by atoms with Crippen LogP contribution in [0.15, 0.2) is 47.3 Å². The Balaban J connectivity index is 1.66. The first-order valence-corrected chi connectivity index (χ1v) is 12.4. The zero-order valence-corrected chi connectivity index (χ0v) is 18.6. The molecule has 1 aromatic heterocycles. The van der Waals surface area contributed by atoms with E-state index in [2.05, 4.69) is 49.9 Å². The quantitative estimate of drug-likeness (QED) is 0.630. The van der Waals surface area contributed by atoms with Gasteiger partial charge in [0.05, 0.1) is 21.7 Å². The number of hydrogen-bond acceptors (Lipinski definition) is 5. The normalized spacial score (nSPS) is 17.0. The van der Waals surface area contributed by atoms with Crippen molar-refractivity contribution < 1.29 is 8.42 Å². The van der Waals surface area contributed by atoms with Gasteiger partial charge < -0.3 is 4.90 Å². The first-order chi connectivity index (χ1) is 13.6. The molecule has 0 saturated carbocycles. The van der Waals surface area contributed by atoms with Gasteiger partial charge in [-0.3, -0.25) is 9.36 Å². The lowest BCUT2D eigenvalue weighted by atomic mass is 9.97. The van der Waals surface area contributed by atoms with Crippen LogP contribution in [0.2, 0.25) is 0 Å². The van der Waals surface area contributed by atoms with Crippen molar-refractivity contribution in [3.05, 3.63) is 52.1 Å². The molecule has 29 heavy (non-hydrogen) atoms. The van der Waals surface area contributed by atoms with E-state index >= 15 is 0 Å². The summed E-state index contributed by atoms with van der Waals surface area (Å²) >= 11 is 1.29. The van der Waals surface area contributed by atoms with Gasteiger partial charge in [-0.1, -0.05) is 50.3 Å². The minimum absolute atomic E-state index is 0.0345. The molecule has 154 valence electrons. The molecule has 0 bridgehead atoms. The van der Waals surface area contributed by atoms with E-state index in [1.807, 2.05) is 22.8 Å². The predicted molar refractivity (Wildman–Crippen MR) is 122 cm³/mol. The zero-order valence-electron chi connectivity index (χ0n) is 17.0. The van der Waals surface area contributed by atoms with Gasteiger partial charge in [0.2, 0.25) is 0 Å². The molecule has 1 fully saturated rings. The van der Waals surface area contributed by atoms with Gasteiger partial charge in [-0.2, -0.15) is 0 Å².